The summed E-state index contributed by atoms with van der Waals surface area (Å²) in [6.07, 6.45) is 0. The number of H-pyrrole nitrogens is 1. The summed E-state index contributed by atoms with van der Waals surface area (Å²) in [5.74, 6) is -0.143. The van der Waals surface area contributed by atoms with E-state index in [9.17, 15) is 13.7 Å². The fraction of sp³-hybridized carbons (Fsp3) is 0.259. The fourth-order valence-corrected chi connectivity index (χ4v) is 6.13. The summed E-state index contributed by atoms with van der Waals surface area (Å²) >= 11 is 0. The van der Waals surface area contributed by atoms with Crippen molar-refractivity contribution in [3.05, 3.63) is 59.9 Å². The minimum Gasteiger partial charge on any atom is -0.489 e. The zero-order chi connectivity index (χ0) is 26.6. The summed E-state index contributed by atoms with van der Waals surface area (Å²) in [7, 11) is -0.691. The van der Waals surface area contributed by atoms with Crippen molar-refractivity contribution in [2.75, 3.05) is 45.2 Å². The molecule has 2 N–H and O–H groups in total. The van der Waals surface area contributed by atoms with Gasteiger partial charge in [-0.3, -0.25) is 5.10 Å². The molecule has 1 aromatic heterocycles. The number of aromatic amines is 1. The van der Waals surface area contributed by atoms with E-state index in [0.717, 1.165) is 36.6 Å². The van der Waals surface area contributed by atoms with Crippen LogP contribution in [-0.4, -0.2) is 69.9 Å². The van der Waals surface area contributed by atoms with Gasteiger partial charge in [-0.15, -0.1) is 0 Å². The Labute approximate surface area is 219 Å². The third kappa shape index (κ3) is 3.89. The zero-order valence-electron chi connectivity index (χ0n) is 20.8. The Hall–Kier alpha value is -3.98. The largest absolute Gasteiger partial charge is 0.489 e. The van der Waals surface area contributed by atoms with Crippen LogP contribution in [-0.2, 0) is 10.0 Å². The molecular formula is C27H25FN6O3S. The molecule has 11 heteroatoms. The van der Waals surface area contributed by atoms with E-state index in [4.69, 9.17) is 4.74 Å². The van der Waals surface area contributed by atoms with Crippen molar-refractivity contribution >= 4 is 26.6 Å². The molecule has 6 rings (SSSR count). The van der Waals surface area contributed by atoms with Gasteiger partial charge in [-0.25, -0.2) is 17.5 Å². The number of fused-ring (bicyclic) bond motifs is 4. The van der Waals surface area contributed by atoms with Gasteiger partial charge in [-0.2, -0.15) is 10.4 Å². The van der Waals surface area contributed by atoms with Crippen LogP contribution in [0, 0.1) is 17.1 Å². The number of nitriles is 1. The number of benzene rings is 3. The fourth-order valence-electron chi connectivity index (χ4n) is 5.31. The number of nitrogens with one attached hydrogen (secondary N) is 2. The molecule has 194 valence electrons. The maximum absolute atomic E-state index is 15.5. The third-order valence-electron chi connectivity index (χ3n) is 7.29. The Balaban J connectivity index is 1.46. The van der Waals surface area contributed by atoms with E-state index in [-0.39, 0.29) is 16.7 Å². The van der Waals surface area contributed by atoms with Crippen LogP contribution < -0.4 is 14.4 Å². The van der Waals surface area contributed by atoms with Gasteiger partial charge in [0.25, 0.3) is 0 Å². The first-order chi connectivity index (χ1) is 18.3. The molecule has 2 aliphatic rings. The molecular weight excluding hydrogens is 507 g/mol. The molecule has 0 spiro atoms. The number of anilines is 1. The molecule has 9 nitrogen and oxygen atoms in total. The normalized spacial score (nSPS) is 17.5. The summed E-state index contributed by atoms with van der Waals surface area (Å²) in [6.45, 7) is 3.46. The van der Waals surface area contributed by atoms with Gasteiger partial charge in [0.1, 0.15) is 22.9 Å². The number of nitrogens with zero attached hydrogens (tertiary/aromatic N) is 4. The first-order valence-electron chi connectivity index (χ1n) is 12.2. The van der Waals surface area contributed by atoms with E-state index in [0.29, 0.717) is 29.2 Å². The van der Waals surface area contributed by atoms with Crippen LogP contribution in [0.25, 0.3) is 33.3 Å². The quantitative estimate of drug-likeness (QED) is 0.414. The topological polar surface area (TPSA) is 114 Å². The molecule has 3 heterocycles. The Morgan fingerprint density at radius 3 is 2.82 bits per heavy atom. The smallest absolute Gasteiger partial charge is 0.243 e. The average molecular weight is 533 g/mol. The summed E-state index contributed by atoms with van der Waals surface area (Å²) in [4.78, 5) is 4.21. The van der Waals surface area contributed by atoms with E-state index in [2.05, 4.69) is 37.8 Å². The second kappa shape index (κ2) is 9.09. The van der Waals surface area contributed by atoms with Crippen molar-refractivity contribution in [1.82, 2.24) is 19.8 Å². The Bertz CT molecular complexity index is 1730. The highest BCUT2D eigenvalue weighted by Crippen LogP contribution is 2.40. The lowest BCUT2D eigenvalue weighted by Gasteiger charge is -2.44. The predicted molar refractivity (Wildman–Crippen MR) is 142 cm³/mol. The Morgan fingerprint density at radius 1 is 1.18 bits per heavy atom. The molecule has 1 atom stereocenters. The average Bonchev–Trinajstić information content (AvgIpc) is 3.34. The summed E-state index contributed by atoms with van der Waals surface area (Å²) in [5.41, 5.74) is 3.58. The summed E-state index contributed by atoms with van der Waals surface area (Å²) < 4.78 is 48.4. The van der Waals surface area contributed by atoms with Crippen molar-refractivity contribution in [3.63, 3.8) is 0 Å². The van der Waals surface area contributed by atoms with Crippen LogP contribution in [0.15, 0.2) is 53.4 Å². The van der Waals surface area contributed by atoms with Gasteiger partial charge in [0.05, 0.1) is 28.9 Å². The standard InChI is InChI=1S/C27H25FN6O3S/c1-30-38(35,36)25-5-3-4-19(26(25)28)20-12-21-22(10-17(20)13-29)31-32-27(21)16-6-7-23-24(11-16)37-15-18-14-33(2)8-9-34(18)23/h3-7,10-12,18,30H,8-9,14-15H2,1-2H3,(H,31,32). The molecule has 0 amide bonds. The van der Waals surface area contributed by atoms with Crippen LogP contribution in [0.1, 0.15) is 5.56 Å². The summed E-state index contributed by atoms with van der Waals surface area (Å²) in [5, 5.41) is 18.0. The van der Waals surface area contributed by atoms with E-state index in [1.807, 2.05) is 18.2 Å². The lowest BCUT2D eigenvalue weighted by molar-refractivity contribution is 0.188. The highest BCUT2D eigenvalue weighted by Gasteiger charge is 2.32. The zero-order valence-corrected chi connectivity index (χ0v) is 21.6. The van der Waals surface area contributed by atoms with Gasteiger partial charge in [-0.05, 0) is 44.4 Å². The number of rotatable bonds is 4. The van der Waals surface area contributed by atoms with Gasteiger partial charge >= 0.3 is 0 Å². The molecule has 0 saturated carbocycles. The highest BCUT2D eigenvalue weighted by atomic mass is 32.2. The first kappa shape index (κ1) is 24.4. The molecule has 4 aromatic rings. The maximum atomic E-state index is 15.5. The van der Waals surface area contributed by atoms with Crippen LogP contribution in [0.4, 0.5) is 10.1 Å². The minimum atomic E-state index is -4.03. The van der Waals surface area contributed by atoms with E-state index in [1.54, 1.807) is 12.1 Å². The van der Waals surface area contributed by atoms with Crippen molar-refractivity contribution in [3.8, 4) is 34.2 Å². The molecule has 1 fully saturated rings. The second-order valence-electron chi connectivity index (χ2n) is 9.56. The van der Waals surface area contributed by atoms with Gasteiger partial charge in [-0.1, -0.05) is 18.2 Å². The summed E-state index contributed by atoms with van der Waals surface area (Å²) in [6, 6.07) is 15.8. The van der Waals surface area contributed by atoms with Gasteiger partial charge < -0.3 is 14.5 Å². The number of halogens is 1. The van der Waals surface area contributed by atoms with Crippen LogP contribution in [0.3, 0.4) is 0 Å². The molecule has 38 heavy (non-hydrogen) atoms. The third-order valence-corrected chi connectivity index (χ3v) is 8.72. The van der Waals surface area contributed by atoms with E-state index < -0.39 is 20.7 Å². The first-order valence-corrected chi connectivity index (χ1v) is 13.7. The molecule has 3 aromatic carbocycles. The van der Waals surface area contributed by atoms with Crippen molar-refractivity contribution in [2.24, 2.45) is 0 Å². The Morgan fingerprint density at radius 2 is 2.03 bits per heavy atom. The lowest BCUT2D eigenvalue weighted by atomic mass is 9.96. The van der Waals surface area contributed by atoms with Crippen LogP contribution in [0.5, 0.6) is 5.75 Å². The van der Waals surface area contributed by atoms with Crippen molar-refractivity contribution in [2.45, 2.75) is 10.9 Å². The maximum Gasteiger partial charge on any atom is 0.243 e. The molecule has 2 aliphatic heterocycles. The number of ether oxygens (including phenoxy) is 1. The van der Waals surface area contributed by atoms with Crippen molar-refractivity contribution < 1.29 is 17.5 Å². The molecule has 0 bridgehead atoms. The second-order valence-corrected chi connectivity index (χ2v) is 11.4. The van der Waals surface area contributed by atoms with Gasteiger partial charge in [0, 0.05) is 41.7 Å². The van der Waals surface area contributed by atoms with E-state index in [1.165, 1.54) is 25.2 Å². The number of hydrogen-bond acceptors (Lipinski definition) is 7. The number of hydrogen-bond donors (Lipinski definition) is 2. The van der Waals surface area contributed by atoms with Crippen molar-refractivity contribution in [1.29, 1.82) is 5.26 Å². The molecule has 0 aliphatic carbocycles. The van der Waals surface area contributed by atoms with Gasteiger partial charge in [0.2, 0.25) is 10.0 Å². The SMILES string of the molecule is CNS(=O)(=O)c1cccc(-c2cc3c(-c4ccc5c(c4)OCC4CN(C)CCN54)n[nH]c3cc2C#N)c1F. The number of sulfonamides is 1. The minimum absolute atomic E-state index is 0.0156. The highest BCUT2D eigenvalue weighted by molar-refractivity contribution is 7.89. The van der Waals surface area contributed by atoms with E-state index >= 15 is 4.39 Å². The molecule has 0 radical (unpaired) electrons. The number of aromatic nitrogens is 2. The predicted octanol–water partition coefficient (Wildman–Crippen LogP) is 3.33. The number of piperazine rings is 1. The monoisotopic (exact) mass is 532 g/mol. The molecule has 1 saturated heterocycles. The van der Waals surface area contributed by atoms with Crippen LogP contribution >= 0.6 is 0 Å². The lowest BCUT2D eigenvalue weighted by Crippen LogP contribution is -2.56. The molecule has 1 unspecified atom stereocenters. The van der Waals surface area contributed by atoms with Gasteiger partial charge in [0.15, 0.2) is 5.82 Å². The van der Waals surface area contributed by atoms with Crippen LogP contribution in [0.2, 0.25) is 0 Å². The Kier molecular flexibility index (Phi) is 5.83. The number of likely N-dealkylation sites (N-methyl/N-ethyl adjacent to an activating group) is 1.